The van der Waals surface area contributed by atoms with Crippen molar-refractivity contribution in [1.29, 1.82) is 0 Å². The molecule has 1 N–H and O–H groups in total. The van der Waals surface area contributed by atoms with Gasteiger partial charge < -0.3 is 15.1 Å². The van der Waals surface area contributed by atoms with Gasteiger partial charge >= 0.3 is 12.1 Å². The zero-order chi connectivity index (χ0) is 15.4. The van der Waals surface area contributed by atoms with Gasteiger partial charge in [-0.05, 0) is 18.2 Å². The van der Waals surface area contributed by atoms with Crippen molar-refractivity contribution in [2.75, 3.05) is 45.2 Å². The Balaban J connectivity index is 1.94. The predicted octanol–water partition coefficient (Wildman–Crippen LogP) is 1.85. The van der Waals surface area contributed by atoms with Crippen LogP contribution in [-0.4, -0.2) is 62.1 Å². The van der Waals surface area contributed by atoms with Crippen LogP contribution in [0, 0.1) is 0 Å². The van der Waals surface area contributed by atoms with E-state index < -0.39 is 6.03 Å². The first kappa shape index (κ1) is 15.4. The lowest BCUT2D eigenvalue weighted by Crippen LogP contribution is -2.54. The maximum Gasteiger partial charge on any atom is 0.327 e. The molecule has 6 nitrogen and oxygen atoms in total. The fourth-order valence-corrected chi connectivity index (χ4v) is 2.48. The highest BCUT2D eigenvalue weighted by Crippen LogP contribution is 2.20. The van der Waals surface area contributed by atoms with E-state index >= 15 is 0 Å². The highest BCUT2D eigenvalue weighted by Gasteiger charge is 2.26. The van der Waals surface area contributed by atoms with Crippen LogP contribution in [0.15, 0.2) is 24.3 Å². The number of piperazine rings is 1. The molecule has 0 radical (unpaired) electrons. The number of hydrogen-bond acceptors (Lipinski definition) is 3. The Kier molecular flexibility index (Phi) is 4.90. The van der Waals surface area contributed by atoms with Gasteiger partial charge in [-0.1, -0.05) is 17.7 Å². The molecule has 1 aliphatic heterocycles. The van der Waals surface area contributed by atoms with Gasteiger partial charge in [-0.3, -0.25) is 0 Å². The first-order valence-electron chi connectivity index (χ1n) is 6.78. The molecule has 2 rings (SSSR count). The third-order valence-electron chi connectivity index (χ3n) is 3.53. The van der Waals surface area contributed by atoms with Gasteiger partial charge in [0.25, 0.3) is 0 Å². The monoisotopic (exact) mass is 310 g/mol. The molecule has 0 atom stereocenters. The van der Waals surface area contributed by atoms with Crippen molar-refractivity contribution in [2.45, 2.75) is 0 Å². The second-order valence-electron chi connectivity index (χ2n) is 4.85. The molecule has 21 heavy (non-hydrogen) atoms. The molecule has 0 unspecified atom stereocenters. The smallest absolute Gasteiger partial charge is 0.327 e. The lowest BCUT2D eigenvalue weighted by atomic mass is 10.2. The number of nitrogens with one attached hydrogen (secondary N) is 1. The molecular formula is C14H19ClN4O2. The quantitative estimate of drug-likeness (QED) is 0.861. The summed E-state index contributed by atoms with van der Waals surface area (Å²) in [5.41, 5.74) is 1.05. The summed E-state index contributed by atoms with van der Waals surface area (Å²) >= 11 is 5.99. The van der Waals surface area contributed by atoms with Crippen molar-refractivity contribution >= 4 is 29.4 Å². The topological polar surface area (TPSA) is 55.9 Å². The van der Waals surface area contributed by atoms with Gasteiger partial charge in [0.05, 0.1) is 0 Å². The Bertz CT molecular complexity index is 529. The number of amides is 4. The largest absolute Gasteiger partial charge is 0.368 e. The first-order valence-corrected chi connectivity index (χ1v) is 7.15. The number of anilines is 1. The molecule has 114 valence electrons. The van der Waals surface area contributed by atoms with Crippen LogP contribution in [0.4, 0.5) is 15.3 Å². The fourth-order valence-electron chi connectivity index (χ4n) is 2.30. The summed E-state index contributed by atoms with van der Waals surface area (Å²) in [5.74, 6) is 0. The van der Waals surface area contributed by atoms with Crippen LogP contribution in [-0.2, 0) is 0 Å². The van der Waals surface area contributed by atoms with Crippen molar-refractivity contribution in [2.24, 2.45) is 0 Å². The summed E-state index contributed by atoms with van der Waals surface area (Å²) in [6.45, 7) is 2.58. The van der Waals surface area contributed by atoms with Gasteiger partial charge in [-0.15, -0.1) is 0 Å². The van der Waals surface area contributed by atoms with Gasteiger partial charge in [0.15, 0.2) is 0 Å². The van der Waals surface area contributed by atoms with E-state index in [2.05, 4.69) is 10.2 Å². The molecule has 1 aliphatic rings. The van der Waals surface area contributed by atoms with Crippen LogP contribution in [0.25, 0.3) is 0 Å². The van der Waals surface area contributed by atoms with E-state index in [1.54, 1.807) is 4.90 Å². The third kappa shape index (κ3) is 3.58. The molecule has 7 heteroatoms. The van der Waals surface area contributed by atoms with Crippen LogP contribution in [0.5, 0.6) is 0 Å². The first-order chi connectivity index (χ1) is 10.0. The Hall–Kier alpha value is -1.95. The van der Waals surface area contributed by atoms with Crippen LogP contribution in [0.1, 0.15) is 0 Å². The standard InChI is InChI=1S/C14H19ClN4O2/c1-16-13(20)17(2)14(21)19-8-6-18(7-9-19)12-5-3-4-11(15)10-12/h3-5,10H,6-9H2,1-2H3,(H,16,20). The average Bonchev–Trinajstić information content (AvgIpc) is 2.53. The number of carbonyl (C=O) groups is 2. The SMILES string of the molecule is CNC(=O)N(C)C(=O)N1CCN(c2cccc(Cl)c2)CC1. The van der Waals surface area contributed by atoms with E-state index in [4.69, 9.17) is 11.6 Å². The molecule has 1 fully saturated rings. The lowest BCUT2D eigenvalue weighted by Gasteiger charge is -2.37. The molecule has 0 aliphatic carbocycles. The molecule has 0 saturated carbocycles. The summed E-state index contributed by atoms with van der Waals surface area (Å²) in [6.07, 6.45) is 0. The Morgan fingerprint density at radius 2 is 1.90 bits per heavy atom. The molecular weight excluding hydrogens is 292 g/mol. The van der Waals surface area contributed by atoms with Gasteiger partial charge in [0, 0.05) is 51.0 Å². The number of halogens is 1. The van der Waals surface area contributed by atoms with Crippen LogP contribution >= 0.6 is 11.6 Å². The summed E-state index contributed by atoms with van der Waals surface area (Å²) in [6, 6.07) is 6.98. The van der Waals surface area contributed by atoms with Crippen molar-refractivity contribution in [1.82, 2.24) is 15.1 Å². The number of carbonyl (C=O) groups excluding carboxylic acids is 2. The number of imide groups is 1. The van der Waals surface area contributed by atoms with E-state index in [0.29, 0.717) is 31.2 Å². The van der Waals surface area contributed by atoms with E-state index in [-0.39, 0.29) is 6.03 Å². The van der Waals surface area contributed by atoms with Gasteiger partial charge in [0.2, 0.25) is 0 Å². The van der Waals surface area contributed by atoms with E-state index in [0.717, 1.165) is 10.6 Å². The maximum absolute atomic E-state index is 12.1. The molecule has 0 bridgehead atoms. The van der Waals surface area contributed by atoms with E-state index in [1.165, 1.54) is 14.1 Å². The lowest BCUT2D eigenvalue weighted by molar-refractivity contribution is 0.160. The van der Waals surface area contributed by atoms with Crippen molar-refractivity contribution < 1.29 is 9.59 Å². The zero-order valence-corrected chi connectivity index (χ0v) is 12.9. The summed E-state index contributed by atoms with van der Waals surface area (Å²) in [4.78, 5) is 28.6. The Morgan fingerprint density at radius 1 is 1.24 bits per heavy atom. The molecule has 0 aromatic heterocycles. The second-order valence-corrected chi connectivity index (χ2v) is 5.29. The average molecular weight is 311 g/mol. The molecule has 4 amide bonds. The highest BCUT2D eigenvalue weighted by atomic mass is 35.5. The van der Waals surface area contributed by atoms with Crippen LogP contribution < -0.4 is 10.2 Å². The van der Waals surface area contributed by atoms with Gasteiger partial charge in [0.1, 0.15) is 0 Å². The van der Waals surface area contributed by atoms with Crippen molar-refractivity contribution in [3.63, 3.8) is 0 Å². The minimum absolute atomic E-state index is 0.278. The fraction of sp³-hybridized carbons (Fsp3) is 0.429. The molecule has 1 saturated heterocycles. The Morgan fingerprint density at radius 3 is 2.48 bits per heavy atom. The van der Waals surface area contributed by atoms with Crippen LogP contribution in [0.3, 0.4) is 0 Å². The number of benzene rings is 1. The highest BCUT2D eigenvalue weighted by molar-refractivity contribution is 6.30. The number of rotatable bonds is 1. The predicted molar refractivity (Wildman–Crippen MR) is 82.9 cm³/mol. The molecule has 0 spiro atoms. The third-order valence-corrected chi connectivity index (χ3v) is 3.76. The maximum atomic E-state index is 12.1. The summed E-state index contributed by atoms with van der Waals surface area (Å²) < 4.78 is 0. The van der Waals surface area contributed by atoms with Gasteiger partial charge in [-0.2, -0.15) is 0 Å². The minimum atomic E-state index is -0.405. The number of urea groups is 2. The molecule has 1 aromatic rings. The Labute approximate surface area is 129 Å². The summed E-state index contributed by atoms with van der Waals surface area (Å²) in [5, 5.41) is 3.14. The zero-order valence-electron chi connectivity index (χ0n) is 12.2. The van der Waals surface area contributed by atoms with Crippen LogP contribution in [0.2, 0.25) is 5.02 Å². The molecule has 1 heterocycles. The van der Waals surface area contributed by atoms with E-state index in [1.807, 2.05) is 24.3 Å². The van der Waals surface area contributed by atoms with Gasteiger partial charge in [-0.25, -0.2) is 14.5 Å². The normalized spacial score (nSPS) is 14.8. The number of nitrogens with zero attached hydrogens (tertiary/aromatic N) is 3. The summed E-state index contributed by atoms with van der Waals surface area (Å²) in [7, 11) is 2.98. The molecule has 1 aromatic carbocycles. The minimum Gasteiger partial charge on any atom is -0.368 e. The van der Waals surface area contributed by atoms with Crippen molar-refractivity contribution in [3.8, 4) is 0 Å². The second kappa shape index (κ2) is 6.67. The number of hydrogen-bond donors (Lipinski definition) is 1. The van der Waals surface area contributed by atoms with E-state index in [9.17, 15) is 9.59 Å². The van der Waals surface area contributed by atoms with Crippen molar-refractivity contribution in [3.05, 3.63) is 29.3 Å².